The minimum absolute atomic E-state index is 0.230. The second-order valence-corrected chi connectivity index (χ2v) is 6.71. The number of hydrogen-bond donors (Lipinski definition) is 1. The first-order chi connectivity index (χ1) is 11.9. The fraction of sp³-hybridized carbons (Fsp3) is 0.529. The zero-order chi connectivity index (χ0) is 18.1. The molecule has 2 aromatic rings. The van der Waals surface area contributed by atoms with Gasteiger partial charge in [0.2, 0.25) is 0 Å². The third-order valence-electron chi connectivity index (χ3n) is 4.72. The Morgan fingerprint density at radius 1 is 1.24 bits per heavy atom. The van der Waals surface area contributed by atoms with Crippen LogP contribution < -0.4 is 5.32 Å². The Hall–Kier alpha value is -2.64. The Morgan fingerprint density at radius 2 is 1.92 bits per heavy atom. The van der Waals surface area contributed by atoms with Crippen LogP contribution in [0.4, 0.5) is 5.69 Å². The number of aromatic nitrogens is 4. The van der Waals surface area contributed by atoms with Crippen molar-refractivity contribution in [3.63, 3.8) is 0 Å². The minimum atomic E-state index is -0.333. The lowest BCUT2D eigenvalue weighted by Gasteiger charge is -2.10. The molecule has 8 nitrogen and oxygen atoms in total. The number of carbonyl (C=O) groups excluding carboxylic acids is 2. The Morgan fingerprint density at radius 3 is 2.56 bits per heavy atom. The van der Waals surface area contributed by atoms with Gasteiger partial charge in [-0.25, -0.2) is 0 Å². The normalized spacial score (nSPS) is 14.7. The monoisotopic (exact) mass is 344 g/mol. The number of nitrogens with zero attached hydrogens (tertiary/aromatic N) is 5. The van der Waals surface area contributed by atoms with E-state index in [-0.39, 0.29) is 17.5 Å². The van der Waals surface area contributed by atoms with Crippen LogP contribution in [0.15, 0.2) is 12.3 Å². The maximum absolute atomic E-state index is 12.6. The third kappa shape index (κ3) is 3.29. The molecule has 1 aliphatic carbocycles. The molecular weight excluding hydrogens is 320 g/mol. The summed E-state index contributed by atoms with van der Waals surface area (Å²) in [5.41, 5.74) is 1.72. The highest BCUT2D eigenvalue weighted by Crippen LogP contribution is 2.29. The van der Waals surface area contributed by atoms with Crippen LogP contribution in [0.2, 0.25) is 0 Å². The smallest absolute Gasteiger partial charge is 0.276 e. The van der Waals surface area contributed by atoms with Crippen LogP contribution in [0.1, 0.15) is 58.4 Å². The molecule has 1 aliphatic rings. The molecule has 0 saturated heterocycles. The fourth-order valence-corrected chi connectivity index (χ4v) is 3.13. The van der Waals surface area contributed by atoms with Gasteiger partial charge in [0.15, 0.2) is 11.4 Å². The average molecular weight is 344 g/mol. The molecule has 0 aliphatic heterocycles. The zero-order valence-corrected chi connectivity index (χ0v) is 15.1. The zero-order valence-electron chi connectivity index (χ0n) is 15.1. The van der Waals surface area contributed by atoms with Gasteiger partial charge in [0.25, 0.3) is 11.8 Å². The van der Waals surface area contributed by atoms with Crippen molar-refractivity contribution in [2.24, 2.45) is 7.05 Å². The van der Waals surface area contributed by atoms with Crippen LogP contribution in [0.25, 0.3) is 0 Å². The average Bonchev–Trinajstić information content (AvgIpc) is 3.30. The molecule has 0 unspecified atom stereocenters. The van der Waals surface area contributed by atoms with Crippen LogP contribution in [0, 0.1) is 6.92 Å². The Balaban J connectivity index is 1.82. The van der Waals surface area contributed by atoms with E-state index in [1.165, 1.54) is 17.7 Å². The van der Waals surface area contributed by atoms with E-state index in [1.807, 2.05) is 17.8 Å². The lowest BCUT2D eigenvalue weighted by Crippen LogP contribution is -2.24. The summed E-state index contributed by atoms with van der Waals surface area (Å²) >= 11 is 0. The quantitative estimate of drug-likeness (QED) is 0.919. The summed E-state index contributed by atoms with van der Waals surface area (Å²) in [4.78, 5) is 26.3. The van der Waals surface area contributed by atoms with E-state index in [0.717, 1.165) is 12.8 Å². The lowest BCUT2D eigenvalue weighted by atomic mass is 10.2. The number of amides is 2. The molecule has 0 radical (unpaired) electrons. The first-order valence-corrected chi connectivity index (χ1v) is 8.50. The molecule has 134 valence electrons. The van der Waals surface area contributed by atoms with E-state index >= 15 is 0 Å². The highest BCUT2D eigenvalue weighted by atomic mass is 16.2. The molecule has 0 aromatic carbocycles. The highest BCUT2D eigenvalue weighted by Gasteiger charge is 2.24. The van der Waals surface area contributed by atoms with Gasteiger partial charge in [0.1, 0.15) is 0 Å². The summed E-state index contributed by atoms with van der Waals surface area (Å²) in [6.07, 6.45) is 6.47. The Labute approximate surface area is 146 Å². The van der Waals surface area contributed by atoms with Crippen molar-refractivity contribution in [2.45, 2.75) is 38.6 Å². The highest BCUT2D eigenvalue weighted by molar-refractivity contribution is 6.07. The van der Waals surface area contributed by atoms with Crippen molar-refractivity contribution < 1.29 is 9.59 Å². The first-order valence-electron chi connectivity index (χ1n) is 8.50. The molecule has 2 aromatic heterocycles. The van der Waals surface area contributed by atoms with Crippen molar-refractivity contribution in [3.8, 4) is 0 Å². The number of anilines is 1. The minimum Gasteiger partial charge on any atom is -0.343 e. The molecular formula is C17H24N6O2. The molecule has 1 fully saturated rings. The summed E-state index contributed by atoms with van der Waals surface area (Å²) in [5.74, 6) is -0.587. The van der Waals surface area contributed by atoms with Crippen LogP contribution in [-0.2, 0) is 7.05 Å². The van der Waals surface area contributed by atoms with Gasteiger partial charge < -0.3 is 10.2 Å². The summed E-state index contributed by atoms with van der Waals surface area (Å²) in [7, 11) is 5.05. The second kappa shape index (κ2) is 6.70. The van der Waals surface area contributed by atoms with E-state index in [9.17, 15) is 9.59 Å². The Kier molecular flexibility index (Phi) is 4.61. The molecule has 0 atom stereocenters. The summed E-state index contributed by atoms with van der Waals surface area (Å²) in [6, 6.07) is 2.10. The van der Waals surface area contributed by atoms with Crippen LogP contribution in [-0.4, -0.2) is 50.4 Å². The van der Waals surface area contributed by atoms with Crippen molar-refractivity contribution in [1.29, 1.82) is 0 Å². The van der Waals surface area contributed by atoms with Crippen LogP contribution >= 0.6 is 0 Å². The molecule has 0 spiro atoms. The van der Waals surface area contributed by atoms with Gasteiger partial charge in [-0.15, -0.1) is 0 Å². The number of aryl methyl sites for hydroxylation is 1. The topological polar surface area (TPSA) is 85.1 Å². The van der Waals surface area contributed by atoms with E-state index < -0.39 is 0 Å². The van der Waals surface area contributed by atoms with E-state index in [2.05, 4.69) is 15.5 Å². The molecule has 2 amide bonds. The second-order valence-electron chi connectivity index (χ2n) is 6.71. The molecule has 8 heteroatoms. The maximum Gasteiger partial charge on any atom is 0.276 e. The molecule has 3 rings (SSSR count). The van der Waals surface area contributed by atoms with E-state index in [0.29, 0.717) is 23.1 Å². The van der Waals surface area contributed by atoms with Gasteiger partial charge in [0.05, 0.1) is 17.4 Å². The van der Waals surface area contributed by atoms with E-state index in [1.54, 1.807) is 31.9 Å². The van der Waals surface area contributed by atoms with Gasteiger partial charge in [0, 0.05) is 27.3 Å². The van der Waals surface area contributed by atoms with Gasteiger partial charge in [-0.05, 0) is 25.8 Å². The molecule has 2 heterocycles. The summed E-state index contributed by atoms with van der Waals surface area (Å²) in [5, 5.41) is 11.5. The molecule has 1 N–H and O–H groups in total. The number of hydrogen-bond acceptors (Lipinski definition) is 4. The number of carbonyl (C=O) groups is 2. The molecule has 25 heavy (non-hydrogen) atoms. The Bertz CT molecular complexity index is 798. The first kappa shape index (κ1) is 17.2. The SMILES string of the molecule is Cc1c(NC(=O)c2ccn(C3CCCC3)n2)c(C(=O)N(C)C)nn1C. The predicted molar refractivity (Wildman–Crippen MR) is 93.6 cm³/mol. The van der Waals surface area contributed by atoms with Crippen molar-refractivity contribution in [2.75, 3.05) is 19.4 Å². The number of rotatable bonds is 4. The van der Waals surface area contributed by atoms with Gasteiger partial charge in [-0.2, -0.15) is 10.2 Å². The van der Waals surface area contributed by atoms with Crippen molar-refractivity contribution in [3.05, 3.63) is 29.3 Å². The van der Waals surface area contributed by atoms with Crippen LogP contribution in [0.5, 0.6) is 0 Å². The van der Waals surface area contributed by atoms with Gasteiger partial charge in [-0.1, -0.05) is 12.8 Å². The standard InChI is InChI=1S/C17H24N6O2/c1-11-14(15(20-22(11)4)17(25)21(2)3)18-16(24)13-9-10-23(19-13)12-7-5-6-8-12/h9-10,12H,5-8H2,1-4H3,(H,18,24). The van der Waals surface area contributed by atoms with E-state index in [4.69, 9.17) is 0 Å². The fourth-order valence-electron chi connectivity index (χ4n) is 3.13. The maximum atomic E-state index is 12.6. The summed E-state index contributed by atoms with van der Waals surface area (Å²) in [6.45, 7) is 1.81. The largest absolute Gasteiger partial charge is 0.343 e. The molecule has 0 bridgehead atoms. The number of nitrogens with one attached hydrogen (secondary N) is 1. The summed E-state index contributed by atoms with van der Waals surface area (Å²) < 4.78 is 3.47. The third-order valence-corrected chi connectivity index (χ3v) is 4.72. The van der Waals surface area contributed by atoms with Crippen LogP contribution in [0.3, 0.4) is 0 Å². The van der Waals surface area contributed by atoms with Gasteiger partial charge in [-0.3, -0.25) is 19.0 Å². The van der Waals surface area contributed by atoms with Gasteiger partial charge >= 0.3 is 0 Å². The van der Waals surface area contributed by atoms with Crippen molar-refractivity contribution in [1.82, 2.24) is 24.5 Å². The lowest BCUT2D eigenvalue weighted by molar-refractivity contribution is 0.0822. The van der Waals surface area contributed by atoms with Crippen molar-refractivity contribution >= 4 is 17.5 Å². The molecule has 1 saturated carbocycles. The predicted octanol–water partition coefficient (Wildman–Crippen LogP) is 1.99.